The third kappa shape index (κ3) is 3.88. The molecule has 0 bridgehead atoms. The fraction of sp³-hybridized carbons (Fsp3) is 0.0556. The number of hydrogen-bond acceptors (Lipinski definition) is 8. The second-order valence-corrected chi connectivity index (χ2v) is 7.10. The fourth-order valence-electron chi connectivity index (χ4n) is 2.81. The summed E-state index contributed by atoms with van der Waals surface area (Å²) >= 11 is 0. The number of benzene rings is 1. The highest BCUT2D eigenvalue weighted by Gasteiger charge is 2.17. The standard InChI is InChI=1S/C18H13N7O3S/c19-8-12-9-22-16(10-25-11-23-14-5-3-7-21-18(14)25)24-17(12)13-4-1-2-6-15(13)28-29(20,26)27/h1-7,9,11H,10H2,(H2,20,26,27). The first-order valence-corrected chi connectivity index (χ1v) is 9.75. The summed E-state index contributed by atoms with van der Waals surface area (Å²) in [7, 11) is -4.25. The molecule has 0 aliphatic heterocycles. The van der Waals surface area contributed by atoms with Gasteiger partial charge in [-0.2, -0.15) is 18.8 Å². The topological polar surface area (TPSA) is 150 Å². The van der Waals surface area contributed by atoms with Gasteiger partial charge in [0.25, 0.3) is 0 Å². The van der Waals surface area contributed by atoms with Gasteiger partial charge in [-0.25, -0.2) is 19.9 Å². The number of aromatic nitrogens is 5. The number of rotatable bonds is 5. The van der Waals surface area contributed by atoms with E-state index in [0.717, 1.165) is 5.52 Å². The van der Waals surface area contributed by atoms with Crippen molar-refractivity contribution >= 4 is 21.5 Å². The monoisotopic (exact) mass is 407 g/mol. The number of pyridine rings is 1. The van der Waals surface area contributed by atoms with Crippen molar-refractivity contribution in [2.75, 3.05) is 0 Å². The van der Waals surface area contributed by atoms with E-state index in [1.165, 1.54) is 12.3 Å². The molecule has 2 N–H and O–H groups in total. The molecule has 0 saturated carbocycles. The molecular weight excluding hydrogens is 394 g/mol. The maximum absolute atomic E-state index is 11.4. The van der Waals surface area contributed by atoms with Gasteiger partial charge in [-0.1, -0.05) is 12.1 Å². The number of hydrogen-bond donors (Lipinski definition) is 1. The molecule has 0 fully saturated rings. The second-order valence-electron chi connectivity index (χ2n) is 5.95. The summed E-state index contributed by atoms with van der Waals surface area (Å²) in [4.78, 5) is 17.3. The number of nitrogens with zero attached hydrogens (tertiary/aromatic N) is 6. The van der Waals surface area contributed by atoms with Crippen LogP contribution in [-0.4, -0.2) is 32.9 Å². The zero-order chi connectivity index (χ0) is 20.4. The minimum Gasteiger partial charge on any atom is -0.370 e. The van der Waals surface area contributed by atoms with Gasteiger partial charge in [0.05, 0.1) is 24.1 Å². The van der Waals surface area contributed by atoms with Gasteiger partial charge in [-0.05, 0) is 24.3 Å². The van der Waals surface area contributed by atoms with E-state index in [1.54, 1.807) is 41.4 Å². The predicted octanol–water partition coefficient (Wildman–Crippen LogP) is 1.39. The van der Waals surface area contributed by atoms with E-state index in [2.05, 4.69) is 19.9 Å². The van der Waals surface area contributed by atoms with Crippen molar-refractivity contribution in [2.45, 2.75) is 6.54 Å². The molecule has 4 rings (SSSR count). The minimum atomic E-state index is -4.25. The second kappa shape index (κ2) is 7.27. The van der Waals surface area contributed by atoms with E-state index in [9.17, 15) is 13.7 Å². The highest BCUT2D eigenvalue weighted by molar-refractivity contribution is 7.84. The third-order valence-electron chi connectivity index (χ3n) is 3.99. The lowest BCUT2D eigenvalue weighted by Crippen LogP contribution is -2.19. The van der Waals surface area contributed by atoms with Crippen LogP contribution in [0.3, 0.4) is 0 Å². The summed E-state index contributed by atoms with van der Waals surface area (Å²) < 4.78 is 29.4. The first-order valence-electron chi connectivity index (χ1n) is 8.28. The molecule has 0 spiro atoms. The lowest BCUT2D eigenvalue weighted by molar-refractivity contribution is 0.488. The summed E-state index contributed by atoms with van der Waals surface area (Å²) in [5.41, 5.74) is 2.09. The number of fused-ring (bicyclic) bond motifs is 1. The van der Waals surface area contributed by atoms with E-state index in [1.807, 2.05) is 12.1 Å². The van der Waals surface area contributed by atoms with Crippen LogP contribution in [-0.2, 0) is 16.8 Å². The van der Waals surface area contributed by atoms with Gasteiger partial charge in [0.1, 0.15) is 17.4 Å². The third-order valence-corrected chi connectivity index (χ3v) is 4.41. The molecule has 3 heterocycles. The quantitative estimate of drug-likeness (QED) is 0.521. The molecule has 0 unspecified atom stereocenters. The molecule has 0 atom stereocenters. The van der Waals surface area contributed by atoms with E-state index < -0.39 is 10.3 Å². The van der Waals surface area contributed by atoms with E-state index >= 15 is 0 Å². The molecule has 0 saturated heterocycles. The van der Waals surface area contributed by atoms with Gasteiger partial charge in [-0.3, -0.25) is 0 Å². The van der Waals surface area contributed by atoms with Gasteiger partial charge >= 0.3 is 10.3 Å². The van der Waals surface area contributed by atoms with Crippen LogP contribution in [0.25, 0.3) is 22.4 Å². The molecule has 3 aromatic heterocycles. The van der Waals surface area contributed by atoms with Crippen LogP contribution in [0.4, 0.5) is 0 Å². The Hall–Kier alpha value is -3.88. The highest BCUT2D eigenvalue weighted by atomic mass is 32.2. The normalized spacial score (nSPS) is 11.3. The number of imidazole rings is 1. The van der Waals surface area contributed by atoms with Gasteiger partial charge in [-0.15, -0.1) is 0 Å². The van der Waals surface area contributed by atoms with E-state index in [4.69, 9.17) is 9.32 Å². The Kier molecular flexibility index (Phi) is 4.63. The molecular formula is C18H13N7O3S. The molecule has 0 aliphatic carbocycles. The first kappa shape index (κ1) is 18.5. The van der Waals surface area contributed by atoms with Gasteiger partial charge in [0.15, 0.2) is 11.4 Å². The summed E-state index contributed by atoms with van der Waals surface area (Å²) in [5.74, 6) is 0.347. The van der Waals surface area contributed by atoms with Gasteiger partial charge in [0, 0.05) is 18.0 Å². The van der Waals surface area contributed by atoms with Crippen LogP contribution in [0.2, 0.25) is 0 Å². The molecule has 0 radical (unpaired) electrons. The van der Waals surface area contributed by atoms with Crippen molar-refractivity contribution in [3.8, 4) is 23.1 Å². The van der Waals surface area contributed by atoms with Crippen molar-refractivity contribution in [1.82, 2.24) is 24.5 Å². The largest absolute Gasteiger partial charge is 0.380 e. The molecule has 1 aromatic carbocycles. The zero-order valence-corrected chi connectivity index (χ0v) is 15.6. The molecule has 4 aromatic rings. The molecule has 0 aliphatic rings. The van der Waals surface area contributed by atoms with Crippen LogP contribution in [0.15, 0.2) is 55.1 Å². The van der Waals surface area contributed by atoms with Crippen molar-refractivity contribution in [2.24, 2.45) is 5.14 Å². The number of nitrogens with two attached hydrogens (primary N) is 1. The van der Waals surface area contributed by atoms with Crippen molar-refractivity contribution in [3.63, 3.8) is 0 Å². The van der Waals surface area contributed by atoms with Crippen molar-refractivity contribution < 1.29 is 12.6 Å². The van der Waals surface area contributed by atoms with Crippen LogP contribution in [0.1, 0.15) is 11.4 Å². The highest BCUT2D eigenvalue weighted by Crippen LogP contribution is 2.31. The first-order chi connectivity index (χ1) is 13.9. The average Bonchev–Trinajstić information content (AvgIpc) is 3.10. The van der Waals surface area contributed by atoms with E-state index in [-0.39, 0.29) is 23.6 Å². The number of para-hydroxylation sites is 1. The van der Waals surface area contributed by atoms with E-state index in [0.29, 0.717) is 17.0 Å². The molecule has 29 heavy (non-hydrogen) atoms. The van der Waals surface area contributed by atoms with Crippen LogP contribution < -0.4 is 9.32 Å². The summed E-state index contributed by atoms with van der Waals surface area (Å²) in [6.07, 6.45) is 4.65. The Balaban J connectivity index is 1.79. The predicted molar refractivity (Wildman–Crippen MR) is 103 cm³/mol. The zero-order valence-electron chi connectivity index (χ0n) is 14.8. The minimum absolute atomic E-state index is 0.0362. The fourth-order valence-corrected chi connectivity index (χ4v) is 3.20. The summed E-state index contributed by atoms with van der Waals surface area (Å²) in [5, 5.41) is 14.4. The summed E-state index contributed by atoms with van der Waals surface area (Å²) in [6, 6.07) is 11.9. The maximum atomic E-state index is 11.4. The summed E-state index contributed by atoms with van der Waals surface area (Å²) in [6.45, 7) is 0.254. The SMILES string of the molecule is N#Cc1cnc(Cn2cnc3cccnc32)nc1-c1ccccc1OS(N)(=O)=O. The van der Waals surface area contributed by atoms with Crippen LogP contribution in [0.5, 0.6) is 5.75 Å². The lowest BCUT2D eigenvalue weighted by Gasteiger charge is -2.11. The average molecular weight is 407 g/mol. The Morgan fingerprint density at radius 1 is 1.14 bits per heavy atom. The smallest absolute Gasteiger partial charge is 0.370 e. The van der Waals surface area contributed by atoms with Crippen molar-refractivity contribution in [1.29, 1.82) is 5.26 Å². The maximum Gasteiger partial charge on any atom is 0.380 e. The van der Waals surface area contributed by atoms with Gasteiger partial charge in [0.2, 0.25) is 0 Å². The Labute approximate surface area is 165 Å². The molecule has 11 heteroatoms. The Bertz CT molecular complexity index is 1360. The van der Waals surface area contributed by atoms with Crippen molar-refractivity contribution in [3.05, 3.63) is 66.5 Å². The van der Waals surface area contributed by atoms with Gasteiger partial charge < -0.3 is 8.75 Å². The van der Waals surface area contributed by atoms with Crippen LogP contribution >= 0.6 is 0 Å². The molecule has 144 valence electrons. The number of nitriles is 1. The Morgan fingerprint density at radius 3 is 2.76 bits per heavy atom. The molecule has 0 amide bonds. The Morgan fingerprint density at radius 2 is 1.97 bits per heavy atom. The lowest BCUT2D eigenvalue weighted by atomic mass is 10.1. The van der Waals surface area contributed by atoms with Crippen LogP contribution in [0, 0.1) is 11.3 Å². The molecule has 10 nitrogen and oxygen atoms in total.